The van der Waals surface area contributed by atoms with Crippen LogP contribution in [0.3, 0.4) is 0 Å². The number of carbonyl (C=O) groups excluding carboxylic acids is 1. The zero-order chi connectivity index (χ0) is 20.2. The summed E-state index contributed by atoms with van der Waals surface area (Å²) < 4.78 is 0. The van der Waals surface area contributed by atoms with E-state index in [0.717, 1.165) is 65.5 Å². The lowest BCUT2D eigenvalue weighted by atomic mass is 10.1. The van der Waals surface area contributed by atoms with Gasteiger partial charge in [-0.05, 0) is 37.9 Å². The van der Waals surface area contributed by atoms with Gasteiger partial charge in [-0.25, -0.2) is 9.97 Å². The summed E-state index contributed by atoms with van der Waals surface area (Å²) in [6, 6.07) is 10.4. The molecule has 3 aromatic rings. The minimum Gasteiger partial charge on any atom is -0.353 e. The number of thiophene rings is 1. The Bertz CT molecular complexity index is 980. The Labute approximate surface area is 175 Å². The largest absolute Gasteiger partial charge is 0.353 e. The van der Waals surface area contributed by atoms with Crippen LogP contribution < -0.4 is 10.2 Å². The highest BCUT2D eigenvalue weighted by Crippen LogP contribution is 2.35. The fourth-order valence-corrected chi connectivity index (χ4v) is 4.81. The molecule has 29 heavy (non-hydrogen) atoms. The van der Waals surface area contributed by atoms with E-state index < -0.39 is 0 Å². The quantitative estimate of drug-likeness (QED) is 0.634. The SMILES string of the molecule is Cc1c(C(=O)NCCCc2ccccc2)sc2ncnc(N3CCN(C)CC3)c12. The lowest BCUT2D eigenvalue weighted by molar-refractivity contribution is 0.0957. The number of benzene rings is 1. The summed E-state index contributed by atoms with van der Waals surface area (Å²) in [5.41, 5.74) is 2.28. The van der Waals surface area contributed by atoms with Crippen molar-refractivity contribution in [2.75, 3.05) is 44.7 Å². The van der Waals surface area contributed by atoms with Crippen LogP contribution in [0.25, 0.3) is 10.2 Å². The predicted molar refractivity (Wildman–Crippen MR) is 119 cm³/mol. The van der Waals surface area contributed by atoms with E-state index in [-0.39, 0.29) is 5.91 Å². The molecule has 1 aliphatic rings. The fourth-order valence-electron chi connectivity index (χ4n) is 3.75. The number of nitrogens with zero attached hydrogens (tertiary/aromatic N) is 4. The summed E-state index contributed by atoms with van der Waals surface area (Å²) in [6.45, 7) is 6.60. The first-order valence-corrected chi connectivity index (χ1v) is 10.9. The molecule has 1 amide bonds. The number of hydrogen-bond acceptors (Lipinski definition) is 6. The van der Waals surface area contributed by atoms with E-state index >= 15 is 0 Å². The first-order chi connectivity index (χ1) is 14.1. The second kappa shape index (κ2) is 8.88. The van der Waals surface area contributed by atoms with Gasteiger partial charge in [0.05, 0.1) is 10.3 Å². The maximum Gasteiger partial charge on any atom is 0.261 e. The lowest BCUT2D eigenvalue weighted by Gasteiger charge is -2.33. The van der Waals surface area contributed by atoms with E-state index in [0.29, 0.717) is 6.54 Å². The van der Waals surface area contributed by atoms with E-state index in [4.69, 9.17) is 0 Å². The maximum absolute atomic E-state index is 12.8. The topological polar surface area (TPSA) is 61.4 Å². The maximum atomic E-state index is 12.8. The van der Waals surface area contributed by atoms with Gasteiger partial charge in [0, 0.05) is 32.7 Å². The van der Waals surface area contributed by atoms with Crippen LogP contribution in [0.4, 0.5) is 5.82 Å². The van der Waals surface area contributed by atoms with Crippen LogP contribution in [0.1, 0.15) is 27.2 Å². The third-order valence-electron chi connectivity index (χ3n) is 5.49. The number of hydrogen-bond donors (Lipinski definition) is 1. The summed E-state index contributed by atoms with van der Waals surface area (Å²) in [7, 11) is 2.14. The molecule has 6 nitrogen and oxygen atoms in total. The van der Waals surface area contributed by atoms with E-state index in [9.17, 15) is 4.79 Å². The molecule has 2 aromatic heterocycles. The molecule has 7 heteroatoms. The average Bonchev–Trinajstić information content (AvgIpc) is 3.09. The summed E-state index contributed by atoms with van der Waals surface area (Å²) >= 11 is 1.46. The van der Waals surface area contributed by atoms with Crippen molar-refractivity contribution in [1.29, 1.82) is 0 Å². The van der Waals surface area contributed by atoms with Gasteiger partial charge in [0.1, 0.15) is 17.0 Å². The summed E-state index contributed by atoms with van der Waals surface area (Å²) in [6.07, 6.45) is 3.51. The van der Waals surface area contributed by atoms with Gasteiger partial charge >= 0.3 is 0 Å². The fraction of sp³-hybridized carbons (Fsp3) is 0.409. The van der Waals surface area contributed by atoms with Gasteiger partial charge in [-0.15, -0.1) is 11.3 Å². The first kappa shape index (κ1) is 19.8. The number of fused-ring (bicyclic) bond motifs is 1. The van der Waals surface area contributed by atoms with Gasteiger partial charge in [0.15, 0.2) is 0 Å². The van der Waals surface area contributed by atoms with Crippen molar-refractivity contribution in [2.24, 2.45) is 0 Å². The molecule has 4 rings (SSSR count). The van der Waals surface area contributed by atoms with E-state index in [1.54, 1.807) is 6.33 Å². The Balaban J connectivity index is 1.45. The third-order valence-corrected chi connectivity index (χ3v) is 6.69. The molecular weight excluding hydrogens is 382 g/mol. The highest BCUT2D eigenvalue weighted by molar-refractivity contribution is 7.20. The molecule has 1 N–H and O–H groups in total. The number of aromatic nitrogens is 2. The normalized spacial score (nSPS) is 15.0. The molecule has 1 aromatic carbocycles. The highest BCUT2D eigenvalue weighted by Gasteiger charge is 2.23. The van der Waals surface area contributed by atoms with Crippen LogP contribution in [0.15, 0.2) is 36.7 Å². The van der Waals surface area contributed by atoms with Crippen LogP contribution in [0.5, 0.6) is 0 Å². The van der Waals surface area contributed by atoms with Crippen LogP contribution in [0, 0.1) is 6.92 Å². The monoisotopic (exact) mass is 409 g/mol. The molecule has 3 heterocycles. The molecule has 1 aliphatic heterocycles. The number of anilines is 1. The molecule has 0 bridgehead atoms. The zero-order valence-electron chi connectivity index (χ0n) is 17.0. The molecular formula is C22H27N5OS. The number of aryl methyl sites for hydroxylation is 2. The molecule has 152 valence electrons. The lowest BCUT2D eigenvalue weighted by Crippen LogP contribution is -2.44. The molecule has 0 atom stereocenters. The first-order valence-electron chi connectivity index (χ1n) is 10.1. The van der Waals surface area contributed by atoms with Crippen LogP contribution in [-0.4, -0.2) is 60.5 Å². The minimum atomic E-state index is -0.0112. The van der Waals surface area contributed by atoms with Crippen molar-refractivity contribution in [3.8, 4) is 0 Å². The Morgan fingerprint density at radius 2 is 1.90 bits per heavy atom. The molecule has 0 unspecified atom stereocenters. The van der Waals surface area contributed by atoms with Crippen LogP contribution in [0.2, 0.25) is 0 Å². The van der Waals surface area contributed by atoms with Gasteiger partial charge < -0.3 is 15.1 Å². The third kappa shape index (κ3) is 4.41. The molecule has 0 aliphatic carbocycles. The second-order valence-corrected chi connectivity index (χ2v) is 8.57. The van der Waals surface area contributed by atoms with Crippen molar-refractivity contribution in [1.82, 2.24) is 20.2 Å². The van der Waals surface area contributed by atoms with Crippen molar-refractivity contribution in [2.45, 2.75) is 19.8 Å². The number of nitrogens with one attached hydrogen (secondary N) is 1. The Kier molecular flexibility index (Phi) is 6.06. The van der Waals surface area contributed by atoms with Crippen LogP contribution in [-0.2, 0) is 6.42 Å². The predicted octanol–water partition coefficient (Wildman–Crippen LogP) is 3.11. The van der Waals surface area contributed by atoms with E-state index in [1.807, 2.05) is 25.1 Å². The summed E-state index contributed by atoms with van der Waals surface area (Å²) in [4.78, 5) is 28.1. The molecule has 1 fully saturated rings. The summed E-state index contributed by atoms with van der Waals surface area (Å²) in [5, 5.41) is 4.10. The van der Waals surface area contributed by atoms with Gasteiger partial charge in [0.2, 0.25) is 0 Å². The van der Waals surface area contributed by atoms with Crippen molar-refractivity contribution in [3.05, 3.63) is 52.7 Å². The Hall–Kier alpha value is -2.51. The van der Waals surface area contributed by atoms with Crippen molar-refractivity contribution in [3.63, 3.8) is 0 Å². The molecule has 0 radical (unpaired) electrons. The van der Waals surface area contributed by atoms with E-state index in [1.165, 1.54) is 16.9 Å². The molecule has 0 spiro atoms. The minimum absolute atomic E-state index is 0.0112. The van der Waals surface area contributed by atoms with Gasteiger partial charge in [-0.3, -0.25) is 4.79 Å². The number of rotatable bonds is 6. The average molecular weight is 410 g/mol. The number of carbonyl (C=O) groups is 1. The van der Waals surface area contributed by atoms with Gasteiger partial charge in [0.25, 0.3) is 5.91 Å². The van der Waals surface area contributed by atoms with Gasteiger partial charge in [-0.2, -0.15) is 0 Å². The van der Waals surface area contributed by atoms with Crippen molar-refractivity contribution < 1.29 is 4.79 Å². The number of likely N-dealkylation sites (N-methyl/N-ethyl adjacent to an activating group) is 1. The number of piperazine rings is 1. The van der Waals surface area contributed by atoms with Crippen molar-refractivity contribution >= 4 is 33.3 Å². The summed E-state index contributed by atoms with van der Waals surface area (Å²) in [5.74, 6) is 0.947. The Morgan fingerprint density at radius 3 is 2.66 bits per heavy atom. The van der Waals surface area contributed by atoms with Crippen LogP contribution >= 0.6 is 11.3 Å². The van der Waals surface area contributed by atoms with E-state index in [2.05, 4.69) is 44.3 Å². The molecule has 0 saturated carbocycles. The standard InChI is InChI=1S/C22H27N5OS/c1-16-18-20(27-13-11-26(2)12-14-27)24-15-25-22(18)29-19(16)21(28)23-10-6-9-17-7-4-3-5-8-17/h3-5,7-8,15H,6,9-14H2,1-2H3,(H,23,28). The highest BCUT2D eigenvalue weighted by atomic mass is 32.1. The zero-order valence-corrected chi connectivity index (χ0v) is 17.8. The smallest absolute Gasteiger partial charge is 0.261 e. The second-order valence-electron chi connectivity index (χ2n) is 7.57. The molecule has 1 saturated heterocycles. The van der Waals surface area contributed by atoms with Gasteiger partial charge in [-0.1, -0.05) is 30.3 Å². The number of amides is 1. The Morgan fingerprint density at radius 1 is 1.14 bits per heavy atom.